The Balaban J connectivity index is 2.16. The topological polar surface area (TPSA) is 29.3 Å². The second-order valence-corrected chi connectivity index (χ2v) is 5.36. The van der Waals surface area contributed by atoms with Gasteiger partial charge in [-0.25, -0.2) is 4.39 Å². The van der Waals surface area contributed by atoms with Crippen molar-refractivity contribution in [3.8, 4) is 0 Å². The third-order valence-electron chi connectivity index (χ3n) is 2.72. The summed E-state index contributed by atoms with van der Waals surface area (Å²) in [5.74, 6) is -0.205. The molecule has 0 amide bonds. The van der Waals surface area contributed by atoms with E-state index in [-0.39, 0.29) is 5.82 Å². The summed E-state index contributed by atoms with van der Waals surface area (Å²) < 4.78 is 13.9. The van der Waals surface area contributed by atoms with Crippen LogP contribution in [0.2, 0.25) is 0 Å². The van der Waals surface area contributed by atoms with E-state index in [0.29, 0.717) is 0 Å². The number of nitrogen functional groups attached to an aromatic ring is 1. The number of rotatable bonds is 3. The van der Waals surface area contributed by atoms with Gasteiger partial charge in [0.05, 0.1) is 5.69 Å². The third kappa shape index (κ3) is 3.13. The Morgan fingerprint density at radius 1 is 1.17 bits per heavy atom. The molecule has 0 saturated carbocycles. The third-order valence-corrected chi connectivity index (χ3v) is 3.58. The first-order chi connectivity index (χ1) is 8.56. The van der Waals surface area contributed by atoms with E-state index in [0.717, 1.165) is 27.1 Å². The van der Waals surface area contributed by atoms with Crippen molar-refractivity contribution in [2.75, 3.05) is 17.7 Å². The van der Waals surface area contributed by atoms with Crippen LogP contribution in [-0.2, 0) is 6.54 Å². The molecular formula is C14H14FIN2. The molecule has 2 nitrogen and oxygen atoms in total. The van der Waals surface area contributed by atoms with E-state index in [1.807, 2.05) is 25.2 Å². The summed E-state index contributed by atoms with van der Waals surface area (Å²) in [6.45, 7) is 0.736. The smallest absolute Gasteiger partial charge is 0.123 e. The number of benzene rings is 2. The first-order valence-electron chi connectivity index (χ1n) is 5.57. The molecule has 2 aromatic carbocycles. The molecule has 0 heterocycles. The summed E-state index contributed by atoms with van der Waals surface area (Å²) in [6.07, 6.45) is 0. The molecule has 0 bridgehead atoms. The lowest BCUT2D eigenvalue weighted by atomic mass is 10.2. The molecule has 2 N–H and O–H groups in total. The average molecular weight is 356 g/mol. The summed E-state index contributed by atoms with van der Waals surface area (Å²) >= 11 is 2.27. The average Bonchev–Trinajstić information content (AvgIpc) is 2.32. The summed E-state index contributed by atoms with van der Waals surface area (Å²) in [7, 11) is 2.01. The first kappa shape index (κ1) is 13.1. The first-order valence-corrected chi connectivity index (χ1v) is 6.65. The molecule has 0 radical (unpaired) electrons. The summed E-state index contributed by atoms with van der Waals surface area (Å²) in [6, 6.07) is 12.4. The largest absolute Gasteiger partial charge is 0.399 e. The van der Waals surface area contributed by atoms with Gasteiger partial charge in [0.25, 0.3) is 0 Å². The van der Waals surface area contributed by atoms with E-state index in [1.165, 1.54) is 12.1 Å². The predicted molar refractivity (Wildman–Crippen MR) is 82.1 cm³/mol. The lowest BCUT2D eigenvalue weighted by Gasteiger charge is -2.21. The maximum absolute atomic E-state index is 12.8. The molecular weight excluding hydrogens is 342 g/mol. The van der Waals surface area contributed by atoms with Gasteiger partial charge in [0, 0.05) is 22.8 Å². The van der Waals surface area contributed by atoms with Gasteiger partial charge in [-0.05, 0) is 58.5 Å². The van der Waals surface area contributed by atoms with Crippen LogP contribution in [0.25, 0.3) is 0 Å². The molecule has 0 spiro atoms. The van der Waals surface area contributed by atoms with Gasteiger partial charge >= 0.3 is 0 Å². The molecule has 4 heteroatoms. The van der Waals surface area contributed by atoms with E-state index < -0.39 is 0 Å². The SMILES string of the molecule is CN(Cc1ccc(F)cc1)c1ccc(N)cc1I. The highest BCUT2D eigenvalue weighted by Gasteiger charge is 2.06. The van der Waals surface area contributed by atoms with Gasteiger partial charge in [0.1, 0.15) is 5.82 Å². The summed E-state index contributed by atoms with van der Waals surface area (Å²) in [4.78, 5) is 2.12. The van der Waals surface area contributed by atoms with Crippen LogP contribution in [0, 0.1) is 9.39 Å². The standard InChI is InChI=1S/C14H14FIN2/c1-18(9-10-2-4-11(15)5-3-10)14-7-6-12(17)8-13(14)16/h2-8H,9,17H2,1H3. The fourth-order valence-corrected chi connectivity index (χ4v) is 2.73. The van der Waals surface area contributed by atoms with Crippen molar-refractivity contribution in [3.05, 3.63) is 57.4 Å². The van der Waals surface area contributed by atoms with Gasteiger partial charge in [0.2, 0.25) is 0 Å². The zero-order valence-electron chi connectivity index (χ0n) is 10.0. The Labute approximate surface area is 120 Å². The van der Waals surface area contributed by atoms with Crippen LogP contribution in [0.1, 0.15) is 5.56 Å². The van der Waals surface area contributed by atoms with Gasteiger partial charge in [-0.2, -0.15) is 0 Å². The van der Waals surface area contributed by atoms with Crippen LogP contribution in [0.5, 0.6) is 0 Å². The number of hydrogen-bond acceptors (Lipinski definition) is 2. The van der Waals surface area contributed by atoms with E-state index in [1.54, 1.807) is 12.1 Å². The van der Waals surface area contributed by atoms with Crippen LogP contribution >= 0.6 is 22.6 Å². The van der Waals surface area contributed by atoms with Crippen molar-refractivity contribution in [2.45, 2.75) is 6.54 Å². The maximum Gasteiger partial charge on any atom is 0.123 e. The van der Waals surface area contributed by atoms with E-state index >= 15 is 0 Å². The normalized spacial score (nSPS) is 10.4. The summed E-state index contributed by atoms with van der Waals surface area (Å²) in [5.41, 5.74) is 8.69. The Bertz CT molecular complexity index is 540. The van der Waals surface area contributed by atoms with Crippen LogP contribution in [0.3, 0.4) is 0 Å². The van der Waals surface area contributed by atoms with Gasteiger partial charge in [-0.1, -0.05) is 12.1 Å². The number of anilines is 2. The van der Waals surface area contributed by atoms with E-state index in [4.69, 9.17) is 5.73 Å². The second kappa shape index (κ2) is 5.56. The molecule has 94 valence electrons. The van der Waals surface area contributed by atoms with Crippen LogP contribution in [0.4, 0.5) is 15.8 Å². The minimum atomic E-state index is -0.205. The Morgan fingerprint density at radius 3 is 2.44 bits per heavy atom. The second-order valence-electron chi connectivity index (χ2n) is 4.19. The molecule has 18 heavy (non-hydrogen) atoms. The van der Waals surface area contributed by atoms with Crippen molar-refractivity contribution in [2.24, 2.45) is 0 Å². The minimum Gasteiger partial charge on any atom is -0.399 e. The predicted octanol–water partition coefficient (Wildman–Crippen LogP) is 3.65. The van der Waals surface area contributed by atoms with E-state index in [9.17, 15) is 4.39 Å². The quantitative estimate of drug-likeness (QED) is 0.672. The maximum atomic E-state index is 12.8. The molecule has 0 aliphatic carbocycles. The highest BCUT2D eigenvalue weighted by Crippen LogP contribution is 2.25. The van der Waals surface area contributed by atoms with Crippen molar-refractivity contribution < 1.29 is 4.39 Å². The van der Waals surface area contributed by atoms with Gasteiger partial charge < -0.3 is 10.6 Å². The number of halogens is 2. The zero-order chi connectivity index (χ0) is 13.1. The van der Waals surface area contributed by atoms with Crippen molar-refractivity contribution in [1.29, 1.82) is 0 Å². The van der Waals surface area contributed by atoms with Gasteiger partial charge in [-0.3, -0.25) is 0 Å². The Kier molecular flexibility index (Phi) is 4.06. The molecule has 0 aliphatic rings. The van der Waals surface area contributed by atoms with Crippen molar-refractivity contribution in [3.63, 3.8) is 0 Å². The highest BCUT2D eigenvalue weighted by atomic mass is 127. The molecule has 0 fully saturated rings. The number of nitrogens with two attached hydrogens (primary N) is 1. The van der Waals surface area contributed by atoms with Gasteiger partial charge in [-0.15, -0.1) is 0 Å². The minimum absolute atomic E-state index is 0.205. The lowest BCUT2D eigenvalue weighted by Crippen LogP contribution is -2.17. The molecule has 0 atom stereocenters. The molecule has 0 saturated heterocycles. The Hall–Kier alpha value is -1.30. The van der Waals surface area contributed by atoms with Crippen LogP contribution in [0.15, 0.2) is 42.5 Å². The Morgan fingerprint density at radius 2 is 1.83 bits per heavy atom. The summed E-state index contributed by atoms with van der Waals surface area (Å²) in [5, 5.41) is 0. The van der Waals surface area contributed by atoms with Crippen LogP contribution in [-0.4, -0.2) is 7.05 Å². The van der Waals surface area contributed by atoms with Crippen molar-refractivity contribution in [1.82, 2.24) is 0 Å². The lowest BCUT2D eigenvalue weighted by molar-refractivity contribution is 0.627. The van der Waals surface area contributed by atoms with Gasteiger partial charge in [0.15, 0.2) is 0 Å². The molecule has 2 rings (SSSR count). The highest BCUT2D eigenvalue weighted by molar-refractivity contribution is 14.1. The molecule has 2 aromatic rings. The fourth-order valence-electron chi connectivity index (χ4n) is 1.78. The monoisotopic (exact) mass is 356 g/mol. The van der Waals surface area contributed by atoms with E-state index in [2.05, 4.69) is 27.5 Å². The van der Waals surface area contributed by atoms with Crippen molar-refractivity contribution >= 4 is 34.0 Å². The fraction of sp³-hybridized carbons (Fsp3) is 0.143. The van der Waals surface area contributed by atoms with Crippen LogP contribution < -0.4 is 10.6 Å². The molecule has 0 unspecified atom stereocenters. The molecule has 0 aliphatic heterocycles. The zero-order valence-corrected chi connectivity index (χ0v) is 12.2. The molecule has 0 aromatic heterocycles. The number of nitrogens with zero attached hydrogens (tertiary/aromatic N) is 1. The number of hydrogen-bond donors (Lipinski definition) is 1.